The smallest absolute Gasteiger partial charge is 0.269 e. The molecule has 0 atom stereocenters. The third-order valence-corrected chi connectivity index (χ3v) is 5.60. The molecule has 0 saturated heterocycles. The van der Waals surface area contributed by atoms with E-state index in [1.165, 1.54) is 59.8 Å². The molecule has 0 aliphatic rings. The summed E-state index contributed by atoms with van der Waals surface area (Å²) in [4.78, 5) is 28.5. The molecule has 0 aliphatic heterocycles. The van der Waals surface area contributed by atoms with Crippen LogP contribution in [0.25, 0.3) is 16.2 Å². The SMILES string of the molecule is O=C(CSc1nnc2scc(-c3ccc(F)cc3)n12)NNC(=O)c1ccncc1. The summed E-state index contributed by atoms with van der Waals surface area (Å²) in [5, 5.41) is 10.6. The van der Waals surface area contributed by atoms with Crippen LogP contribution < -0.4 is 10.9 Å². The summed E-state index contributed by atoms with van der Waals surface area (Å²) in [5.74, 6) is -1.13. The molecule has 3 heterocycles. The van der Waals surface area contributed by atoms with E-state index in [4.69, 9.17) is 0 Å². The number of hydrogen-bond acceptors (Lipinski definition) is 7. The summed E-state index contributed by atoms with van der Waals surface area (Å²) in [7, 11) is 0. The number of thiazole rings is 1. The molecule has 146 valence electrons. The van der Waals surface area contributed by atoms with Crippen LogP contribution in [0.15, 0.2) is 59.3 Å². The maximum atomic E-state index is 13.2. The van der Waals surface area contributed by atoms with Crippen LogP contribution in [0.3, 0.4) is 0 Å². The van der Waals surface area contributed by atoms with Gasteiger partial charge in [-0.25, -0.2) is 4.39 Å². The molecule has 4 rings (SSSR count). The number of thioether (sulfide) groups is 1. The minimum atomic E-state index is -0.438. The van der Waals surface area contributed by atoms with Gasteiger partial charge in [-0.2, -0.15) is 0 Å². The summed E-state index contributed by atoms with van der Waals surface area (Å²) in [6.45, 7) is 0. The molecule has 1 aromatic carbocycles. The van der Waals surface area contributed by atoms with Crippen molar-refractivity contribution < 1.29 is 14.0 Å². The summed E-state index contributed by atoms with van der Waals surface area (Å²) in [6.07, 6.45) is 2.98. The molecule has 4 aromatic rings. The van der Waals surface area contributed by atoms with E-state index in [-0.39, 0.29) is 11.6 Å². The fourth-order valence-corrected chi connectivity index (χ4v) is 4.12. The zero-order chi connectivity index (χ0) is 20.2. The van der Waals surface area contributed by atoms with Crippen molar-refractivity contribution in [1.82, 2.24) is 30.4 Å². The molecule has 0 radical (unpaired) electrons. The van der Waals surface area contributed by atoms with Crippen molar-refractivity contribution in [2.45, 2.75) is 5.16 Å². The number of carbonyl (C=O) groups is 2. The molecular formula is C18H13FN6O2S2. The van der Waals surface area contributed by atoms with Crippen LogP contribution in [0.4, 0.5) is 4.39 Å². The predicted molar refractivity (Wildman–Crippen MR) is 107 cm³/mol. The summed E-state index contributed by atoms with van der Waals surface area (Å²) in [5.41, 5.74) is 6.72. The third kappa shape index (κ3) is 4.25. The van der Waals surface area contributed by atoms with Crippen molar-refractivity contribution in [3.8, 4) is 11.3 Å². The number of hydrazine groups is 1. The highest BCUT2D eigenvalue weighted by atomic mass is 32.2. The maximum absolute atomic E-state index is 13.2. The van der Waals surface area contributed by atoms with Gasteiger partial charge in [0.1, 0.15) is 5.82 Å². The lowest BCUT2D eigenvalue weighted by Crippen LogP contribution is -2.42. The van der Waals surface area contributed by atoms with Gasteiger partial charge in [-0.15, -0.1) is 21.5 Å². The number of amides is 2. The molecule has 0 spiro atoms. The highest BCUT2D eigenvalue weighted by molar-refractivity contribution is 7.99. The van der Waals surface area contributed by atoms with Crippen LogP contribution >= 0.6 is 23.1 Å². The molecule has 11 heteroatoms. The minimum Gasteiger partial charge on any atom is -0.272 e. The van der Waals surface area contributed by atoms with Crippen molar-refractivity contribution in [1.29, 1.82) is 0 Å². The Hall–Kier alpha value is -3.31. The first-order valence-electron chi connectivity index (χ1n) is 8.32. The van der Waals surface area contributed by atoms with Crippen molar-refractivity contribution in [2.75, 3.05) is 5.75 Å². The van der Waals surface area contributed by atoms with Crippen LogP contribution in [0.5, 0.6) is 0 Å². The number of hydrogen-bond donors (Lipinski definition) is 2. The lowest BCUT2D eigenvalue weighted by atomic mass is 10.2. The van der Waals surface area contributed by atoms with Gasteiger partial charge in [0, 0.05) is 23.3 Å². The van der Waals surface area contributed by atoms with Gasteiger partial charge in [0.05, 0.1) is 11.4 Å². The number of benzene rings is 1. The average Bonchev–Trinajstić information content (AvgIpc) is 3.34. The molecule has 0 bridgehead atoms. The Kier molecular flexibility index (Phi) is 5.49. The largest absolute Gasteiger partial charge is 0.272 e. The molecule has 2 amide bonds. The zero-order valence-electron chi connectivity index (χ0n) is 14.7. The Bertz CT molecular complexity index is 1160. The maximum Gasteiger partial charge on any atom is 0.269 e. The summed E-state index contributed by atoms with van der Waals surface area (Å²) in [6, 6.07) is 9.19. The summed E-state index contributed by atoms with van der Waals surface area (Å²) >= 11 is 2.58. The standard InChI is InChI=1S/C18H13FN6O2S2/c19-13-3-1-11(2-4-13)14-9-28-17-23-24-18(25(14)17)29-10-15(26)21-22-16(27)12-5-7-20-8-6-12/h1-9H,10H2,(H,21,26)(H,22,27). The fraction of sp³-hybridized carbons (Fsp3) is 0.0556. The first kappa shape index (κ1) is 19.0. The topological polar surface area (TPSA) is 101 Å². The van der Waals surface area contributed by atoms with E-state index in [1.54, 1.807) is 12.1 Å². The highest BCUT2D eigenvalue weighted by Gasteiger charge is 2.15. The monoisotopic (exact) mass is 428 g/mol. The van der Waals surface area contributed by atoms with Crippen molar-refractivity contribution in [2.24, 2.45) is 0 Å². The van der Waals surface area contributed by atoms with Gasteiger partial charge in [-0.3, -0.25) is 29.8 Å². The van der Waals surface area contributed by atoms with E-state index < -0.39 is 11.8 Å². The predicted octanol–water partition coefficient (Wildman–Crippen LogP) is 2.55. The van der Waals surface area contributed by atoms with Gasteiger partial charge in [0.25, 0.3) is 5.91 Å². The normalized spacial score (nSPS) is 10.8. The molecule has 3 aromatic heterocycles. The number of halogens is 1. The van der Waals surface area contributed by atoms with E-state index in [0.717, 1.165) is 11.3 Å². The molecule has 0 unspecified atom stereocenters. The second-order valence-corrected chi connectivity index (χ2v) is 7.53. The molecule has 0 aliphatic carbocycles. The van der Waals surface area contributed by atoms with Gasteiger partial charge in [-0.05, 0) is 42.0 Å². The van der Waals surface area contributed by atoms with E-state index in [9.17, 15) is 14.0 Å². The van der Waals surface area contributed by atoms with Gasteiger partial charge < -0.3 is 0 Å². The van der Waals surface area contributed by atoms with Gasteiger partial charge in [0.2, 0.25) is 10.9 Å². The second kappa shape index (κ2) is 8.37. The number of fused-ring (bicyclic) bond motifs is 1. The summed E-state index contributed by atoms with van der Waals surface area (Å²) < 4.78 is 15.0. The Morgan fingerprint density at radius 1 is 1.07 bits per heavy atom. The van der Waals surface area contributed by atoms with E-state index >= 15 is 0 Å². The molecule has 0 saturated carbocycles. The average molecular weight is 428 g/mol. The Morgan fingerprint density at radius 3 is 2.59 bits per heavy atom. The molecule has 8 nitrogen and oxygen atoms in total. The lowest BCUT2D eigenvalue weighted by molar-refractivity contribution is -0.119. The number of carbonyl (C=O) groups excluding carboxylic acids is 2. The van der Waals surface area contributed by atoms with Crippen LogP contribution in [0.2, 0.25) is 0 Å². The second-order valence-electron chi connectivity index (χ2n) is 5.76. The van der Waals surface area contributed by atoms with E-state index in [1.807, 2.05) is 9.78 Å². The third-order valence-electron chi connectivity index (χ3n) is 3.85. The van der Waals surface area contributed by atoms with Crippen molar-refractivity contribution in [3.63, 3.8) is 0 Å². The van der Waals surface area contributed by atoms with Crippen LogP contribution in [-0.2, 0) is 4.79 Å². The van der Waals surface area contributed by atoms with Crippen LogP contribution in [0.1, 0.15) is 10.4 Å². The zero-order valence-corrected chi connectivity index (χ0v) is 16.3. The molecule has 2 N–H and O–H groups in total. The number of pyridine rings is 1. The van der Waals surface area contributed by atoms with Gasteiger partial charge in [-0.1, -0.05) is 11.8 Å². The Labute approximate surface area is 172 Å². The van der Waals surface area contributed by atoms with Gasteiger partial charge >= 0.3 is 0 Å². The highest BCUT2D eigenvalue weighted by Crippen LogP contribution is 2.29. The minimum absolute atomic E-state index is 0.0239. The molecule has 29 heavy (non-hydrogen) atoms. The Morgan fingerprint density at radius 2 is 1.83 bits per heavy atom. The number of aromatic nitrogens is 4. The van der Waals surface area contributed by atoms with Crippen LogP contribution in [0, 0.1) is 5.82 Å². The van der Waals surface area contributed by atoms with Gasteiger partial charge in [0.15, 0.2) is 5.16 Å². The first-order valence-corrected chi connectivity index (χ1v) is 10.2. The van der Waals surface area contributed by atoms with Crippen molar-refractivity contribution >= 4 is 39.9 Å². The molecule has 0 fully saturated rings. The fourth-order valence-electron chi connectivity index (χ4n) is 2.48. The number of nitrogens with zero attached hydrogens (tertiary/aromatic N) is 4. The van der Waals surface area contributed by atoms with E-state index in [0.29, 0.717) is 15.7 Å². The lowest BCUT2D eigenvalue weighted by Gasteiger charge is -2.07. The first-order chi connectivity index (χ1) is 14.1. The quantitative estimate of drug-likeness (QED) is 0.374. The van der Waals surface area contributed by atoms with Crippen LogP contribution in [-0.4, -0.2) is 37.1 Å². The number of rotatable bonds is 5. The van der Waals surface area contributed by atoms with E-state index in [2.05, 4.69) is 26.0 Å². The number of nitrogens with one attached hydrogen (secondary N) is 2. The Balaban J connectivity index is 1.41. The van der Waals surface area contributed by atoms with Crippen molar-refractivity contribution in [3.05, 3.63) is 65.6 Å². The molecular weight excluding hydrogens is 415 g/mol.